The molecule has 224 valence electrons. The number of fused-ring (bicyclic) bond motifs is 9. The fourth-order valence-corrected chi connectivity index (χ4v) is 8.75. The molecule has 48 heavy (non-hydrogen) atoms. The summed E-state index contributed by atoms with van der Waals surface area (Å²) in [7, 11) is 0. The average Bonchev–Trinajstić information content (AvgIpc) is 3.52. The summed E-state index contributed by atoms with van der Waals surface area (Å²) in [6, 6.07) is 64.5. The molecule has 0 atom stereocenters. The molecule has 1 aromatic heterocycles. The Balaban J connectivity index is 1.16. The van der Waals surface area contributed by atoms with E-state index in [-0.39, 0.29) is 0 Å². The molecule has 0 fully saturated rings. The first-order valence-electron chi connectivity index (χ1n) is 16.4. The normalized spacial score (nSPS) is 11.8. The zero-order chi connectivity index (χ0) is 31.6. The molecule has 1 nitrogen and oxygen atoms in total. The molecule has 1 heterocycles. The van der Waals surface area contributed by atoms with E-state index in [1.807, 2.05) is 11.3 Å². The van der Waals surface area contributed by atoms with Gasteiger partial charge in [0.05, 0.1) is 5.69 Å². The van der Waals surface area contributed by atoms with E-state index in [0.29, 0.717) is 0 Å². The fourth-order valence-electron chi connectivity index (χ4n) is 7.59. The van der Waals surface area contributed by atoms with Crippen LogP contribution in [0.3, 0.4) is 0 Å². The van der Waals surface area contributed by atoms with Crippen molar-refractivity contribution in [2.75, 3.05) is 4.90 Å². The summed E-state index contributed by atoms with van der Waals surface area (Å²) in [5, 5.41) is 12.9. The number of nitrogens with zero attached hydrogens (tertiary/aromatic N) is 1. The van der Waals surface area contributed by atoms with Gasteiger partial charge in [0, 0.05) is 31.5 Å². The minimum atomic E-state index is 1.13. The van der Waals surface area contributed by atoms with Crippen molar-refractivity contribution in [2.45, 2.75) is 0 Å². The Kier molecular flexibility index (Phi) is 6.12. The summed E-state index contributed by atoms with van der Waals surface area (Å²) >= 11 is 1.87. The largest absolute Gasteiger partial charge is 0.310 e. The van der Waals surface area contributed by atoms with E-state index in [0.717, 1.165) is 11.4 Å². The van der Waals surface area contributed by atoms with Crippen LogP contribution in [0.1, 0.15) is 0 Å². The summed E-state index contributed by atoms with van der Waals surface area (Å²) < 4.78 is 2.61. The van der Waals surface area contributed by atoms with Gasteiger partial charge in [0.15, 0.2) is 0 Å². The quantitative estimate of drug-likeness (QED) is 0.176. The molecule has 0 spiro atoms. The van der Waals surface area contributed by atoms with E-state index in [1.165, 1.54) is 80.1 Å². The van der Waals surface area contributed by atoms with Crippen LogP contribution < -0.4 is 4.90 Å². The van der Waals surface area contributed by atoms with Gasteiger partial charge in [-0.05, 0) is 109 Å². The summed E-state index contributed by atoms with van der Waals surface area (Å²) in [6.45, 7) is 0. The molecule has 0 amide bonds. The van der Waals surface area contributed by atoms with Crippen molar-refractivity contribution in [1.29, 1.82) is 0 Å². The lowest BCUT2D eigenvalue weighted by Gasteiger charge is -2.26. The first-order valence-corrected chi connectivity index (χ1v) is 17.2. The number of para-hydroxylation sites is 1. The second-order valence-corrected chi connectivity index (χ2v) is 13.6. The lowest BCUT2D eigenvalue weighted by atomic mass is 9.90. The Morgan fingerprint density at radius 3 is 1.81 bits per heavy atom. The molecular weight excluding hydrogens is 599 g/mol. The maximum Gasteiger partial charge on any atom is 0.0554 e. The van der Waals surface area contributed by atoms with Crippen LogP contribution in [-0.2, 0) is 0 Å². The van der Waals surface area contributed by atoms with Gasteiger partial charge in [-0.3, -0.25) is 0 Å². The summed E-state index contributed by atoms with van der Waals surface area (Å²) in [5.41, 5.74) is 5.93. The van der Waals surface area contributed by atoms with Crippen LogP contribution in [0.5, 0.6) is 0 Å². The topological polar surface area (TPSA) is 3.24 Å². The molecule has 0 saturated carbocycles. The van der Waals surface area contributed by atoms with Crippen LogP contribution >= 0.6 is 11.3 Å². The first-order chi connectivity index (χ1) is 23.8. The van der Waals surface area contributed by atoms with Crippen LogP contribution in [0.25, 0.3) is 74.4 Å². The number of thiophene rings is 1. The lowest BCUT2D eigenvalue weighted by Crippen LogP contribution is -2.10. The molecule has 0 saturated heterocycles. The summed E-state index contributed by atoms with van der Waals surface area (Å²) in [5.74, 6) is 0. The van der Waals surface area contributed by atoms with E-state index >= 15 is 0 Å². The highest BCUT2D eigenvalue weighted by Crippen LogP contribution is 2.46. The van der Waals surface area contributed by atoms with E-state index in [4.69, 9.17) is 0 Å². The van der Waals surface area contributed by atoms with Crippen LogP contribution in [0.15, 0.2) is 176 Å². The minimum Gasteiger partial charge on any atom is -0.310 e. The van der Waals surface area contributed by atoms with Crippen molar-refractivity contribution in [2.24, 2.45) is 0 Å². The minimum absolute atomic E-state index is 1.13. The van der Waals surface area contributed by atoms with E-state index < -0.39 is 0 Å². The number of rotatable bonds is 4. The van der Waals surface area contributed by atoms with Gasteiger partial charge < -0.3 is 4.90 Å². The van der Waals surface area contributed by atoms with Crippen molar-refractivity contribution in [3.05, 3.63) is 176 Å². The molecular formula is C46H29NS. The third-order valence-corrected chi connectivity index (χ3v) is 10.9. The molecule has 9 aromatic carbocycles. The molecule has 10 aromatic rings. The zero-order valence-corrected chi connectivity index (χ0v) is 26.9. The predicted molar refractivity (Wildman–Crippen MR) is 209 cm³/mol. The monoisotopic (exact) mass is 627 g/mol. The van der Waals surface area contributed by atoms with Crippen molar-refractivity contribution in [3.63, 3.8) is 0 Å². The molecule has 0 aliphatic carbocycles. The standard InChI is InChI=1S/C46H29NS/c1-2-14-35(15-3-1)47(42-19-10-20-43-46(42)41-27-32-12-4-5-13-33(32)29-44(41)48-43)36-25-23-31(24-26-36)40-28-34-22-21-30-11-6-7-16-37(30)45(34)39-18-9-8-17-38(39)40/h1-29H. The van der Waals surface area contributed by atoms with Crippen LogP contribution in [0.4, 0.5) is 17.1 Å². The highest BCUT2D eigenvalue weighted by atomic mass is 32.1. The number of anilines is 3. The second-order valence-electron chi connectivity index (χ2n) is 12.5. The van der Waals surface area contributed by atoms with Crippen molar-refractivity contribution in [3.8, 4) is 11.1 Å². The lowest BCUT2D eigenvalue weighted by molar-refractivity contribution is 1.30. The fraction of sp³-hybridized carbons (Fsp3) is 0. The molecule has 0 aliphatic rings. The van der Waals surface area contributed by atoms with Gasteiger partial charge in [0.2, 0.25) is 0 Å². The van der Waals surface area contributed by atoms with E-state index in [1.54, 1.807) is 0 Å². The molecule has 0 aliphatic heterocycles. The Bertz CT molecular complexity index is 2830. The van der Waals surface area contributed by atoms with Crippen molar-refractivity contribution >= 4 is 91.7 Å². The van der Waals surface area contributed by atoms with Crippen LogP contribution in [0.2, 0.25) is 0 Å². The molecule has 0 N–H and O–H groups in total. The third-order valence-electron chi connectivity index (χ3n) is 9.78. The summed E-state index contributed by atoms with van der Waals surface area (Å²) in [6.07, 6.45) is 0. The van der Waals surface area contributed by atoms with Crippen molar-refractivity contribution in [1.82, 2.24) is 0 Å². The average molecular weight is 628 g/mol. The van der Waals surface area contributed by atoms with E-state index in [2.05, 4.69) is 181 Å². The Hall–Kier alpha value is -5.96. The van der Waals surface area contributed by atoms with Gasteiger partial charge in [0.25, 0.3) is 0 Å². The van der Waals surface area contributed by atoms with Gasteiger partial charge in [-0.2, -0.15) is 0 Å². The number of benzene rings is 9. The highest BCUT2D eigenvalue weighted by Gasteiger charge is 2.19. The molecule has 10 rings (SSSR count). The number of hydrogen-bond donors (Lipinski definition) is 0. The number of hydrogen-bond acceptors (Lipinski definition) is 2. The SMILES string of the molecule is c1ccc(N(c2ccc(-c3cc4ccc5ccccc5c4c4ccccc34)cc2)c2cccc3sc4cc5ccccc5cc4c23)cc1. The zero-order valence-electron chi connectivity index (χ0n) is 26.1. The van der Waals surface area contributed by atoms with E-state index in [9.17, 15) is 0 Å². The van der Waals surface area contributed by atoms with Gasteiger partial charge >= 0.3 is 0 Å². The summed E-state index contributed by atoms with van der Waals surface area (Å²) in [4.78, 5) is 2.41. The molecule has 0 radical (unpaired) electrons. The van der Waals surface area contributed by atoms with Gasteiger partial charge in [0.1, 0.15) is 0 Å². The molecule has 2 heteroatoms. The maximum atomic E-state index is 2.41. The first kappa shape index (κ1) is 27.2. The van der Waals surface area contributed by atoms with Gasteiger partial charge in [-0.15, -0.1) is 11.3 Å². The van der Waals surface area contributed by atoms with Crippen molar-refractivity contribution < 1.29 is 0 Å². The van der Waals surface area contributed by atoms with Crippen LogP contribution in [0, 0.1) is 0 Å². The smallest absolute Gasteiger partial charge is 0.0554 e. The predicted octanol–water partition coefficient (Wildman–Crippen LogP) is 13.8. The van der Waals surface area contributed by atoms with Crippen LogP contribution in [-0.4, -0.2) is 0 Å². The molecule has 0 bridgehead atoms. The highest BCUT2D eigenvalue weighted by molar-refractivity contribution is 7.26. The van der Waals surface area contributed by atoms with Gasteiger partial charge in [-0.25, -0.2) is 0 Å². The Morgan fingerprint density at radius 1 is 0.354 bits per heavy atom. The Morgan fingerprint density at radius 2 is 1.00 bits per heavy atom. The third kappa shape index (κ3) is 4.24. The molecule has 0 unspecified atom stereocenters. The maximum absolute atomic E-state index is 2.41. The second kappa shape index (κ2) is 10.8. The van der Waals surface area contributed by atoms with Gasteiger partial charge in [-0.1, -0.05) is 121 Å². The Labute approximate surface area is 282 Å².